The highest BCUT2D eigenvalue weighted by atomic mass is 32.2. The highest BCUT2D eigenvalue weighted by molar-refractivity contribution is 7.99. The van der Waals surface area contributed by atoms with Crippen LogP contribution >= 0.6 is 11.8 Å². The van der Waals surface area contributed by atoms with Gasteiger partial charge in [-0.05, 0) is 117 Å². The Bertz CT molecular complexity index is 2550. The standard InChI is InChI=1S/C43H33NS/c1-4-27-10-11-30-24-41-37(20-32(30)18-27)39-22-34(28-14-16-36(17-15-28)45-35-8-6-5-7-9-35)23-40-38-21-33-19-29(26(2)3)12-13-31(33)25-42(38)44(41)43(39)40/h5-26H,4H2,1-3H3. The van der Waals surface area contributed by atoms with Gasteiger partial charge in [-0.3, -0.25) is 0 Å². The van der Waals surface area contributed by atoms with Gasteiger partial charge in [0.1, 0.15) is 0 Å². The third-order valence-corrected chi connectivity index (χ3v) is 10.7. The summed E-state index contributed by atoms with van der Waals surface area (Å²) in [5.74, 6) is 0.500. The molecule has 0 aliphatic rings. The number of hydrogen-bond acceptors (Lipinski definition) is 1. The number of rotatable bonds is 5. The first-order valence-electron chi connectivity index (χ1n) is 16.0. The summed E-state index contributed by atoms with van der Waals surface area (Å²) in [4.78, 5) is 2.51. The molecule has 2 heterocycles. The zero-order chi connectivity index (χ0) is 30.2. The van der Waals surface area contributed by atoms with Crippen LogP contribution in [-0.2, 0) is 6.42 Å². The monoisotopic (exact) mass is 595 g/mol. The van der Waals surface area contributed by atoms with Gasteiger partial charge in [0.2, 0.25) is 0 Å². The predicted molar refractivity (Wildman–Crippen MR) is 196 cm³/mol. The number of hydrogen-bond donors (Lipinski definition) is 0. The van der Waals surface area contributed by atoms with Crippen molar-refractivity contribution in [2.24, 2.45) is 0 Å². The van der Waals surface area contributed by atoms with Crippen LogP contribution in [0.2, 0.25) is 0 Å². The van der Waals surface area contributed by atoms with Crippen molar-refractivity contribution in [1.82, 2.24) is 4.40 Å². The number of aromatic nitrogens is 1. The minimum absolute atomic E-state index is 0.500. The molecule has 2 aromatic heterocycles. The molecular formula is C43H33NS. The lowest BCUT2D eigenvalue weighted by atomic mass is 9.96. The van der Waals surface area contributed by atoms with Gasteiger partial charge < -0.3 is 4.40 Å². The molecule has 0 unspecified atom stereocenters. The van der Waals surface area contributed by atoms with Crippen molar-refractivity contribution in [2.75, 3.05) is 0 Å². The lowest BCUT2D eigenvalue weighted by molar-refractivity contribution is 0.869. The second-order valence-electron chi connectivity index (χ2n) is 12.7. The molecule has 7 aromatic carbocycles. The molecule has 0 saturated heterocycles. The molecule has 1 nitrogen and oxygen atoms in total. The van der Waals surface area contributed by atoms with Gasteiger partial charge in [-0.15, -0.1) is 0 Å². The summed E-state index contributed by atoms with van der Waals surface area (Å²) in [6.07, 6.45) is 1.04. The molecule has 0 aliphatic heterocycles. The minimum atomic E-state index is 0.500. The van der Waals surface area contributed by atoms with Gasteiger partial charge in [-0.1, -0.05) is 99.3 Å². The maximum absolute atomic E-state index is 2.53. The summed E-state index contributed by atoms with van der Waals surface area (Å²) in [5, 5.41) is 10.5. The van der Waals surface area contributed by atoms with E-state index >= 15 is 0 Å². The van der Waals surface area contributed by atoms with Crippen LogP contribution in [0.1, 0.15) is 37.8 Å². The van der Waals surface area contributed by atoms with Crippen LogP contribution < -0.4 is 0 Å². The number of aryl methyl sites for hydroxylation is 1. The Morgan fingerprint density at radius 2 is 1.16 bits per heavy atom. The van der Waals surface area contributed by atoms with Crippen molar-refractivity contribution in [3.05, 3.63) is 139 Å². The van der Waals surface area contributed by atoms with Crippen LogP contribution in [0.25, 0.3) is 70.8 Å². The molecule has 9 aromatic rings. The van der Waals surface area contributed by atoms with Gasteiger partial charge >= 0.3 is 0 Å². The Balaban J connectivity index is 1.32. The number of benzene rings is 7. The van der Waals surface area contributed by atoms with E-state index in [9.17, 15) is 0 Å². The van der Waals surface area contributed by atoms with E-state index in [-0.39, 0.29) is 0 Å². The Hall–Kier alpha value is -4.79. The van der Waals surface area contributed by atoms with Crippen LogP contribution in [-0.4, -0.2) is 4.40 Å². The largest absolute Gasteiger partial charge is 0.308 e. The van der Waals surface area contributed by atoms with Crippen LogP contribution in [0.3, 0.4) is 0 Å². The first kappa shape index (κ1) is 26.6. The second kappa shape index (κ2) is 10.1. The van der Waals surface area contributed by atoms with E-state index in [1.54, 1.807) is 0 Å². The van der Waals surface area contributed by atoms with Crippen molar-refractivity contribution >= 4 is 71.4 Å². The maximum Gasteiger partial charge on any atom is 0.0620 e. The Kier molecular flexibility index (Phi) is 5.98. The predicted octanol–water partition coefficient (Wildman–Crippen LogP) is 12.6. The molecule has 0 bridgehead atoms. The first-order valence-corrected chi connectivity index (χ1v) is 16.8. The van der Waals surface area contributed by atoms with E-state index in [1.807, 2.05) is 11.8 Å². The number of fused-ring (bicyclic) bond motifs is 8. The Labute approximate surface area is 267 Å². The van der Waals surface area contributed by atoms with Crippen molar-refractivity contribution in [2.45, 2.75) is 42.9 Å². The molecule has 0 atom stereocenters. The Morgan fingerprint density at radius 1 is 0.533 bits per heavy atom. The van der Waals surface area contributed by atoms with Crippen LogP contribution in [0.4, 0.5) is 0 Å². The smallest absolute Gasteiger partial charge is 0.0620 e. The average Bonchev–Trinajstić information content (AvgIpc) is 3.56. The van der Waals surface area contributed by atoms with Gasteiger partial charge in [0, 0.05) is 31.3 Å². The molecular weight excluding hydrogens is 563 g/mol. The first-order chi connectivity index (χ1) is 22.0. The normalized spacial score (nSPS) is 12.3. The summed E-state index contributed by atoms with van der Waals surface area (Å²) in [6, 6.07) is 48.1. The van der Waals surface area contributed by atoms with Crippen molar-refractivity contribution in [3.63, 3.8) is 0 Å². The lowest BCUT2D eigenvalue weighted by Crippen LogP contribution is -1.87. The molecule has 45 heavy (non-hydrogen) atoms. The molecule has 2 heteroatoms. The molecule has 0 amide bonds. The molecule has 216 valence electrons. The lowest BCUT2D eigenvalue weighted by Gasteiger charge is -2.09. The van der Waals surface area contributed by atoms with Crippen LogP contribution in [0.15, 0.2) is 137 Å². The van der Waals surface area contributed by atoms with Crippen molar-refractivity contribution < 1.29 is 0 Å². The SMILES string of the molecule is CCc1ccc2cc3c(cc2c1)c1cc(-c2ccc(Sc4ccccc4)cc2)cc2c4cc5cc(C(C)C)ccc5cc4n3c12. The summed E-state index contributed by atoms with van der Waals surface area (Å²) >= 11 is 1.81. The molecule has 0 N–H and O–H groups in total. The quantitative estimate of drug-likeness (QED) is 0.191. The molecule has 9 rings (SSSR count). The van der Waals surface area contributed by atoms with Crippen LogP contribution in [0, 0.1) is 0 Å². The highest BCUT2D eigenvalue weighted by Crippen LogP contribution is 2.44. The van der Waals surface area contributed by atoms with Crippen LogP contribution in [0.5, 0.6) is 0 Å². The Morgan fingerprint density at radius 3 is 1.80 bits per heavy atom. The minimum Gasteiger partial charge on any atom is -0.308 e. The summed E-state index contributed by atoms with van der Waals surface area (Å²) < 4.78 is 2.53. The summed E-state index contributed by atoms with van der Waals surface area (Å²) in [6.45, 7) is 6.78. The zero-order valence-corrected chi connectivity index (χ0v) is 26.6. The number of nitrogens with zero attached hydrogens (tertiary/aromatic N) is 1. The van der Waals surface area contributed by atoms with Gasteiger partial charge in [0.15, 0.2) is 0 Å². The fourth-order valence-corrected chi connectivity index (χ4v) is 8.02. The maximum atomic E-state index is 2.53. The molecule has 0 radical (unpaired) electrons. The average molecular weight is 596 g/mol. The molecule has 0 saturated carbocycles. The molecule has 0 spiro atoms. The third-order valence-electron chi connectivity index (χ3n) is 9.64. The molecule has 0 aliphatic carbocycles. The fraction of sp³-hybridized carbons (Fsp3) is 0.116. The summed E-state index contributed by atoms with van der Waals surface area (Å²) in [7, 11) is 0. The zero-order valence-electron chi connectivity index (χ0n) is 25.8. The fourth-order valence-electron chi connectivity index (χ4n) is 7.18. The van der Waals surface area contributed by atoms with Gasteiger partial charge in [0.05, 0.1) is 16.6 Å². The van der Waals surface area contributed by atoms with E-state index in [1.165, 1.54) is 91.7 Å². The van der Waals surface area contributed by atoms with Crippen molar-refractivity contribution in [1.29, 1.82) is 0 Å². The third kappa shape index (κ3) is 4.24. The van der Waals surface area contributed by atoms with Gasteiger partial charge in [0.25, 0.3) is 0 Å². The van der Waals surface area contributed by atoms with Gasteiger partial charge in [-0.25, -0.2) is 0 Å². The van der Waals surface area contributed by atoms with Gasteiger partial charge in [-0.2, -0.15) is 0 Å². The topological polar surface area (TPSA) is 4.41 Å². The van der Waals surface area contributed by atoms with E-state index in [4.69, 9.17) is 0 Å². The van der Waals surface area contributed by atoms with E-state index in [0.717, 1.165) is 6.42 Å². The van der Waals surface area contributed by atoms with E-state index in [0.29, 0.717) is 5.92 Å². The molecule has 0 fully saturated rings. The highest BCUT2D eigenvalue weighted by Gasteiger charge is 2.20. The van der Waals surface area contributed by atoms with E-state index in [2.05, 4.69) is 153 Å². The van der Waals surface area contributed by atoms with E-state index < -0.39 is 0 Å². The van der Waals surface area contributed by atoms with Crippen molar-refractivity contribution in [3.8, 4) is 11.1 Å². The second-order valence-corrected chi connectivity index (χ2v) is 13.9. The summed E-state index contributed by atoms with van der Waals surface area (Å²) in [5.41, 5.74) is 9.17.